The molecule has 1 amide bonds. The number of hydrogen-bond acceptors (Lipinski definition) is 4. The highest BCUT2D eigenvalue weighted by molar-refractivity contribution is 7.85. The van der Waals surface area contributed by atoms with E-state index in [2.05, 4.69) is 55.6 Å². The van der Waals surface area contributed by atoms with Crippen molar-refractivity contribution in [2.45, 2.75) is 174 Å². The number of carbonyl (C=O) groups excluding carboxylic acids is 1. The van der Waals surface area contributed by atoms with E-state index in [1.165, 1.54) is 83.1 Å². The predicted molar refractivity (Wildman–Crippen MR) is 188 cm³/mol. The van der Waals surface area contributed by atoms with Gasteiger partial charge >= 0.3 is 0 Å². The van der Waals surface area contributed by atoms with Gasteiger partial charge in [-0.1, -0.05) is 146 Å². The fourth-order valence-electron chi connectivity index (χ4n) is 5.04. The molecule has 0 aromatic carbocycles. The maximum Gasteiger partial charge on any atom is 0.267 e. The molecule has 6 nitrogen and oxygen atoms in total. The van der Waals surface area contributed by atoms with Crippen molar-refractivity contribution < 1.29 is 22.9 Å². The first-order valence-corrected chi connectivity index (χ1v) is 19.4. The van der Waals surface area contributed by atoms with Gasteiger partial charge in [0, 0.05) is 6.42 Å². The quantitative estimate of drug-likeness (QED) is 0.0399. The fourth-order valence-corrected chi connectivity index (χ4v) is 5.78. The molecular formula is C37H67NO5S. The molecule has 0 bridgehead atoms. The molecule has 44 heavy (non-hydrogen) atoms. The molecule has 0 aromatic rings. The van der Waals surface area contributed by atoms with Gasteiger partial charge in [0.15, 0.2) is 0 Å². The lowest BCUT2D eigenvalue weighted by molar-refractivity contribution is -0.122. The number of carbonyl (C=O) groups is 1. The van der Waals surface area contributed by atoms with Crippen LogP contribution in [-0.4, -0.2) is 41.9 Å². The minimum Gasteiger partial charge on any atom is -0.387 e. The summed E-state index contributed by atoms with van der Waals surface area (Å²) >= 11 is 0. The molecule has 0 aromatic heterocycles. The monoisotopic (exact) mass is 637 g/mol. The van der Waals surface area contributed by atoms with Gasteiger partial charge in [0.2, 0.25) is 5.91 Å². The zero-order valence-corrected chi connectivity index (χ0v) is 29.1. The lowest BCUT2D eigenvalue weighted by atomic mass is 10.1. The van der Waals surface area contributed by atoms with Crippen LogP contribution in [0.1, 0.15) is 162 Å². The summed E-state index contributed by atoms with van der Waals surface area (Å²) in [5.74, 6) is -1.00. The molecule has 0 aliphatic carbocycles. The average molecular weight is 638 g/mol. The Hall–Kier alpha value is -1.70. The number of unbranched alkanes of at least 4 members (excludes halogenated alkanes) is 17. The average Bonchev–Trinajstić information content (AvgIpc) is 2.98. The van der Waals surface area contributed by atoms with Crippen molar-refractivity contribution in [3.63, 3.8) is 0 Å². The highest BCUT2D eigenvalue weighted by Crippen LogP contribution is 2.12. The van der Waals surface area contributed by atoms with Crippen molar-refractivity contribution >= 4 is 16.0 Å². The molecule has 0 radical (unpaired) electrons. The summed E-state index contributed by atoms with van der Waals surface area (Å²) in [7, 11) is -4.34. The van der Waals surface area contributed by atoms with E-state index in [4.69, 9.17) is 0 Å². The molecule has 0 aliphatic heterocycles. The van der Waals surface area contributed by atoms with Crippen LogP contribution >= 0.6 is 0 Å². The summed E-state index contributed by atoms with van der Waals surface area (Å²) in [5.41, 5.74) is 0. The van der Waals surface area contributed by atoms with Gasteiger partial charge in [-0.2, -0.15) is 8.42 Å². The van der Waals surface area contributed by atoms with E-state index in [-0.39, 0.29) is 12.3 Å². The molecule has 0 spiro atoms. The predicted octanol–water partition coefficient (Wildman–Crippen LogP) is 9.96. The van der Waals surface area contributed by atoms with Gasteiger partial charge in [-0.15, -0.1) is 0 Å². The zero-order valence-electron chi connectivity index (χ0n) is 28.3. The summed E-state index contributed by atoms with van der Waals surface area (Å²) in [4.78, 5) is 12.4. The van der Waals surface area contributed by atoms with Crippen molar-refractivity contribution in [1.29, 1.82) is 0 Å². The van der Waals surface area contributed by atoms with Crippen LogP contribution in [0.2, 0.25) is 0 Å². The smallest absolute Gasteiger partial charge is 0.267 e. The van der Waals surface area contributed by atoms with E-state index in [1.54, 1.807) is 0 Å². The molecule has 0 fully saturated rings. The molecule has 0 aliphatic rings. The number of aliphatic hydroxyl groups excluding tert-OH is 1. The summed E-state index contributed by atoms with van der Waals surface area (Å²) < 4.78 is 32.3. The Bertz CT molecular complexity index is 878. The largest absolute Gasteiger partial charge is 0.387 e. The third-order valence-electron chi connectivity index (χ3n) is 7.75. The van der Waals surface area contributed by atoms with Crippen LogP contribution in [0, 0.1) is 0 Å². The number of nitrogens with one attached hydrogen (secondary N) is 1. The molecule has 0 heterocycles. The molecular weight excluding hydrogens is 570 g/mol. The topological polar surface area (TPSA) is 104 Å². The fraction of sp³-hybridized carbons (Fsp3) is 0.757. The van der Waals surface area contributed by atoms with Crippen LogP contribution in [0.15, 0.2) is 48.6 Å². The van der Waals surface area contributed by atoms with Crippen LogP contribution in [0.3, 0.4) is 0 Å². The van der Waals surface area contributed by atoms with Crippen LogP contribution in [0.25, 0.3) is 0 Å². The number of hydrogen-bond donors (Lipinski definition) is 3. The van der Waals surface area contributed by atoms with E-state index < -0.39 is 28.0 Å². The van der Waals surface area contributed by atoms with Crippen molar-refractivity contribution in [3.8, 4) is 0 Å². The first-order chi connectivity index (χ1) is 21.3. The maximum absolute atomic E-state index is 12.4. The van der Waals surface area contributed by atoms with E-state index >= 15 is 0 Å². The molecule has 2 unspecified atom stereocenters. The first-order valence-electron chi connectivity index (χ1n) is 17.8. The lowest BCUT2D eigenvalue weighted by Gasteiger charge is -2.21. The third kappa shape index (κ3) is 31.7. The molecule has 3 N–H and O–H groups in total. The summed E-state index contributed by atoms with van der Waals surface area (Å²) in [6, 6.07) is -1.06. The lowest BCUT2D eigenvalue weighted by Crippen LogP contribution is -2.46. The maximum atomic E-state index is 12.4. The summed E-state index contributed by atoms with van der Waals surface area (Å²) in [6.07, 6.45) is 40.9. The van der Waals surface area contributed by atoms with Gasteiger partial charge < -0.3 is 10.4 Å². The number of amides is 1. The SMILES string of the molecule is CCCCC/C=C\C/C=C\C/C=C\CCCCCCCCC(=O)NC(CS(=O)(=O)O)C(O)/C=C/CCCCCCCCCC. The number of aliphatic hydroxyl groups is 1. The van der Waals surface area contributed by atoms with Crippen LogP contribution in [0.5, 0.6) is 0 Å². The van der Waals surface area contributed by atoms with Gasteiger partial charge in [0.1, 0.15) is 0 Å². The first kappa shape index (κ1) is 42.3. The molecule has 0 saturated heterocycles. The zero-order chi connectivity index (χ0) is 32.6. The van der Waals surface area contributed by atoms with E-state index in [0.29, 0.717) is 0 Å². The Morgan fingerprint density at radius 2 is 1.02 bits per heavy atom. The second-order valence-corrected chi connectivity index (χ2v) is 13.6. The van der Waals surface area contributed by atoms with Crippen molar-refractivity contribution in [3.05, 3.63) is 48.6 Å². The van der Waals surface area contributed by atoms with E-state index in [9.17, 15) is 22.9 Å². The highest BCUT2D eigenvalue weighted by Gasteiger charge is 2.24. The molecule has 0 rings (SSSR count). The second kappa shape index (κ2) is 31.3. The van der Waals surface area contributed by atoms with Crippen LogP contribution < -0.4 is 5.32 Å². The summed E-state index contributed by atoms with van der Waals surface area (Å²) in [5, 5.41) is 13.1. The van der Waals surface area contributed by atoms with Gasteiger partial charge in [0.25, 0.3) is 10.1 Å². The highest BCUT2D eigenvalue weighted by atomic mass is 32.2. The Morgan fingerprint density at radius 3 is 1.55 bits per heavy atom. The number of rotatable bonds is 31. The summed E-state index contributed by atoms with van der Waals surface area (Å²) in [6.45, 7) is 4.45. The molecule has 0 saturated carbocycles. The molecule has 256 valence electrons. The van der Waals surface area contributed by atoms with E-state index in [0.717, 1.165) is 64.2 Å². The van der Waals surface area contributed by atoms with Crippen molar-refractivity contribution in [2.24, 2.45) is 0 Å². The number of allylic oxidation sites excluding steroid dienone is 7. The standard InChI is InChI=1S/C37H67NO5S/c1-3-5-7-9-11-13-15-16-17-18-19-20-21-22-23-25-27-29-31-33-37(40)38-35(34-44(41,42)43)36(39)32-30-28-26-24-14-12-10-8-6-4-2/h11,13,16-17,19-20,30,32,35-36,39H,3-10,12,14-15,18,21-29,31,33-34H2,1-2H3,(H,38,40)(H,41,42,43)/b13-11-,17-16-,20-19-,32-30+. The van der Waals surface area contributed by atoms with E-state index in [1.807, 2.05) is 6.08 Å². The minimum absolute atomic E-state index is 0.279. The van der Waals surface area contributed by atoms with Crippen LogP contribution in [0.4, 0.5) is 0 Å². The Balaban J connectivity index is 4.00. The van der Waals surface area contributed by atoms with Gasteiger partial charge in [0.05, 0.1) is 17.9 Å². The van der Waals surface area contributed by atoms with Crippen LogP contribution in [-0.2, 0) is 14.9 Å². The minimum atomic E-state index is -4.34. The molecule has 7 heteroatoms. The Morgan fingerprint density at radius 1 is 0.614 bits per heavy atom. The third-order valence-corrected chi connectivity index (χ3v) is 8.53. The second-order valence-electron chi connectivity index (χ2n) is 12.1. The Kier molecular flexibility index (Phi) is 30.1. The van der Waals surface area contributed by atoms with Crippen molar-refractivity contribution in [1.82, 2.24) is 5.32 Å². The Labute approximate surface area is 271 Å². The normalized spacial score (nSPS) is 14.0. The van der Waals surface area contributed by atoms with Gasteiger partial charge in [-0.05, 0) is 57.8 Å². The molecule has 2 atom stereocenters. The van der Waals surface area contributed by atoms with Gasteiger partial charge in [-0.3, -0.25) is 9.35 Å². The van der Waals surface area contributed by atoms with Crippen molar-refractivity contribution in [2.75, 3.05) is 5.75 Å². The van der Waals surface area contributed by atoms with Gasteiger partial charge in [-0.25, -0.2) is 0 Å².